The summed E-state index contributed by atoms with van der Waals surface area (Å²) in [6.45, 7) is 1.00. The maximum Gasteiger partial charge on any atom is 0.119 e. The lowest BCUT2D eigenvalue weighted by atomic mass is 10.2. The van der Waals surface area contributed by atoms with Crippen LogP contribution in [0, 0.1) is 0 Å². The average Bonchev–Trinajstić information content (AvgIpc) is 2.30. The van der Waals surface area contributed by atoms with Gasteiger partial charge >= 0.3 is 0 Å². The molecule has 0 saturated carbocycles. The predicted molar refractivity (Wildman–Crippen MR) is 58.8 cm³/mol. The molecule has 3 nitrogen and oxygen atoms in total. The van der Waals surface area contributed by atoms with Crippen LogP contribution in [-0.4, -0.2) is 23.4 Å². The number of hydrogen-bond donors (Lipinski definition) is 2. The third kappa shape index (κ3) is 4.81. The molecule has 0 radical (unpaired) electrons. The molecule has 0 spiro atoms. The molecule has 0 unspecified atom stereocenters. The number of aliphatic hydroxyl groups is 2. The van der Waals surface area contributed by atoms with E-state index in [0.717, 1.165) is 30.6 Å². The Morgan fingerprint density at radius 2 is 1.67 bits per heavy atom. The molecule has 1 rings (SSSR count). The van der Waals surface area contributed by atoms with E-state index in [9.17, 15) is 0 Å². The van der Waals surface area contributed by atoms with Crippen LogP contribution in [0.15, 0.2) is 24.3 Å². The van der Waals surface area contributed by atoms with Gasteiger partial charge in [0.05, 0.1) is 13.2 Å². The fourth-order valence-electron chi connectivity index (χ4n) is 1.27. The van der Waals surface area contributed by atoms with Crippen LogP contribution in [-0.2, 0) is 6.61 Å². The Kier molecular flexibility index (Phi) is 5.81. The number of unbranched alkanes of at least 4 members (excludes halogenated alkanes) is 2. The molecule has 84 valence electrons. The van der Waals surface area contributed by atoms with Gasteiger partial charge < -0.3 is 14.9 Å². The maximum atomic E-state index is 8.84. The molecular weight excluding hydrogens is 192 g/mol. The third-order valence-electron chi connectivity index (χ3n) is 2.18. The summed E-state index contributed by atoms with van der Waals surface area (Å²) in [7, 11) is 0. The van der Waals surface area contributed by atoms with E-state index >= 15 is 0 Å². The van der Waals surface area contributed by atoms with Gasteiger partial charge in [0, 0.05) is 6.61 Å². The molecule has 0 aliphatic heterocycles. The van der Waals surface area contributed by atoms with E-state index in [-0.39, 0.29) is 13.2 Å². The predicted octanol–water partition coefficient (Wildman–Crippen LogP) is 1.72. The van der Waals surface area contributed by atoms with Crippen LogP contribution < -0.4 is 4.74 Å². The van der Waals surface area contributed by atoms with Gasteiger partial charge in [-0.3, -0.25) is 0 Å². The molecule has 15 heavy (non-hydrogen) atoms. The van der Waals surface area contributed by atoms with Gasteiger partial charge in [-0.15, -0.1) is 0 Å². The van der Waals surface area contributed by atoms with Gasteiger partial charge in [-0.25, -0.2) is 0 Å². The molecule has 0 aliphatic rings. The molecule has 0 saturated heterocycles. The highest BCUT2D eigenvalue weighted by molar-refractivity contribution is 5.26. The molecule has 0 aromatic heterocycles. The Bertz CT molecular complexity index is 256. The lowest BCUT2D eigenvalue weighted by Gasteiger charge is -2.06. The van der Waals surface area contributed by atoms with Gasteiger partial charge in [0.1, 0.15) is 5.75 Å². The van der Waals surface area contributed by atoms with Crippen molar-refractivity contribution < 1.29 is 14.9 Å². The highest BCUT2D eigenvalue weighted by Crippen LogP contribution is 2.12. The van der Waals surface area contributed by atoms with E-state index in [2.05, 4.69) is 0 Å². The topological polar surface area (TPSA) is 49.7 Å². The van der Waals surface area contributed by atoms with Crippen molar-refractivity contribution in [2.75, 3.05) is 13.2 Å². The lowest BCUT2D eigenvalue weighted by molar-refractivity contribution is 0.265. The van der Waals surface area contributed by atoms with E-state index in [4.69, 9.17) is 14.9 Å². The summed E-state index contributed by atoms with van der Waals surface area (Å²) in [5.74, 6) is 0.830. The third-order valence-corrected chi connectivity index (χ3v) is 2.18. The molecule has 1 aromatic rings. The number of aliphatic hydroxyl groups excluding tert-OH is 2. The molecule has 0 atom stereocenters. The monoisotopic (exact) mass is 210 g/mol. The Morgan fingerprint density at radius 3 is 2.27 bits per heavy atom. The fourth-order valence-corrected chi connectivity index (χ4v) is 1.27. The molecule has 0 heterocycles. The van der Waals surface area contributed by atoms with Gasteiger partial charge in [-0.2, -0.15) is 0 Å². The van der Waals surface area contributed by atoms with Crippen LogP contribution >= 0.6 is 0 Å². The first-order valence-electron chi connectivity index (χ1n) is 5.30. The number of ether oxygens (including phenoxy) is 1. The molecule has 0 fully saturated rings. The van der Waals surface area contributed by atoms with Gasteiger partial charge in [0.2, 0.25) is 0 Å². The van der Waals surface area contributed by atoms with Crippen LogP contribution in [0.2, 0.25) is 0 Å². The Balaban J connectivity index is 2.20. The van der Waals surface area contributed by atoms with Crippen molar-refractivity contribution in [1.82, 2.24) is 0 Å². The van der Waals surface area contributed by atoms with E-state index in [1.54, 1.807) is 0 Å². The zero-order valence-electron chi connectivity index (χ0n) is 8.85. The molecular formula is C12H18O3. The van der Waals surface area contributed by atoms with Crippen LogP contribution in [0.4, 0.5) is 0 Å². The highest BCUT2D eigenvalue weighted by atomic mass is 16.5. The molecule has 2 N–H and O–H groups in total. The van der Waals surface area contributed by atoms with E-state index in [0.29, 0.717) is 6.61 Å². The molecule has 3 heteroatoms. The number of benzene rings is 1. The summed E-state index contributed by atoms with van der Waals surface area (Å²) in [5, 5.41) is 17.4. The SMILES string of the molecule is OCCCCCOc1ccc(CO)cc1. The molecule has 0 amide bonds. The quantitative estimate of drug-likeness (QED) is 0.674. The van der Waals surface area contributed by atoms with Crippen molar-refractivity contribution in [1.29, 1.82) is 0 Å². The summed E-state index contributed by atoms with van der Waals surface area (Å²) in [6, 6.07) is 7.42. The minimum Gasteiger partial charge on any atom is -0.494 e. The second kappa shape index (κ2) is 7.26. The van der Waals surface area contributed by atoms with E-state index in [1.807, 2.05) is 24.3 Å². The van der Waals surface area contributed by atoms with Crippen molar-refractivity contribution in [2.24, 2.45) is 0 Å². The van der Waals surface area contributed by atoms with Crippen molar-refractivity contribution in [2.45, 2.75) is 25.9 Å². The second-order valence-corrected chi connectivity index (χ2v) is 3.43. The first-order chi connectivity index (χ1) is 7.36. The summed E-state index contributed by atoms with van der Waals surface area (Å²) in [4.78, 5) is 0. The minimum absolute atomic E-state index is 0.0662. The summed E-state index contributed by atoms with van der Waals surface area (Å²) >= 11 is 0. The van der Waals surface area contributed by atoms with Crippen LogP contribution in [0.25, 0.3) is 0 Å². The van der Waals surface area contributed by atoms with E-state index in [1.165, 1.54) is 0 Å². The second-order valence-electron chi connectivity index (χ2n) is 3.43. The van der Waals surface area contributed by atoms with Crippen molar-refractivity contribution >= 4 is 0 Å². The Labute approximate surface area is 90.3 Å². The molecule has 1 aromatic carbocycles. The van der Waals surface area contributed by atoms with E-state index < -0.39 is 0 Å². The zero-order valence-corrected chi connectivity index (χ0v) is 8.85. The maximum absolute atomic E-state index is 8.84. The molecule has 0 aliphatic carbocycles. The normalized spacial score (nSPS) is 10.3. The highest BCUT2D eigenvalue weighted by Gasteiger charge is 1.94. The minimum atomic E-state index is 0.0662. The first kappa shape index (κ1) is 12.0. The first-order valence-corrected chi connectivity index (χ1v) is 5.30. The van der Waals surface area contributed by atoms with Crippen LogP contribution in [0.3, 0.4) is 0 Å². The van der Waals surface area contributed by atoms with Crippen molar-refractivity contribution in [3.8, 4) is 5.75 Å². The lowest BCUT2D eigenvalue weighted by Crippen LogP contribution is -1.98. The number of hydrogen-bond acceptors (Lipinski definition) is 3. The standard InChI is InChI=1S/C12H18O3/c13-8-2-1-3-9-15-12-6-4-11(10-14)5-7-12/h4-7,13-14H,1-3,8-10H2. The average molecular weight is 210 g/mol. The summed E-state index contributed by atoms with van der Waals surface area (Å²) in [5.41, 5.74) is 0.891. The van der Waals surface area contributed by atoms with Gasteiger partial charge in [0.25, 0.3) is 0 Å². The van der Waals surface area contributed by atoms with Crippen molar-refractivity contribution in [3.05, 3.63) is 29.8 Å². The smallest absolute Gasteiger partial charge is 0.119 e. The van der Waals surface area contributed by atoms with Crippen LogP contribution in [0.5, 0.6) is 5.75 Å². The summed E-state index contributed by atoms with van der Waals surface area (Å²) < 4.78 is 5.49. The summed E-state index contributed by atoms with van der Waals surface area (Å²) in [6.07, 6.45) is 2.79. The largest absolute Gasteiger partial charge is 0.494 e. The molecule has 0 bridgehead atoms. The van der Waals surface area contributed by atoms with Crippen LogP contribution in [0.1, 0.15) is 24.8 Å². The zero-order chi connectivity index (χ0) is 10.9. The van der Waals surface area contributed by atoms with Crippen molar-refractivity contribution in [3.63, 3.8) is 0 Å². The Hall–Kier alpha value is -1.06. The van der Waals surface area contributed by atoms with Gasteiger partial charge in [-0.1, -0.05) is 12.1 Å². The number of rotatable bonds is 7. The van der Waals surface area contributed by atoms with Gasteiger partial charge in [0.15, 0.2) is 0 Å². The Morgan fingerprint density at radius 1 is 0.933 bits per heavy atom. The fraction of sp³-hybridized carbons (Fsp3) is 0.500. The van der Waals surface area contributed by atoms with Gasteiger partial charge in [-0.05, 0) is 37.0 Å².